The lowest BCUT2D eigenvalue weighted by molar-refractivity contribution is 0.102. The van der Waals surface area contributed by atoms with E-state index in [4.69, 9.17) is 9.47 Å². The van der Waals surface area contributed by atoms with Crippen molar-refractivity contribution >= 4 is 22.9 Å². The third-order valence-electron chi connectivity index (χ3n) is 4.93. The number of carbonyl (C=O) groups excluding carboxylic acids is 1. The maximum Gasteiger partial charge on any atom is 0.255 e. The summed E-state index contributed by atoms with van der Waals surface area (Å²) in [6.45, 7) is 0.363. The molecule has 5 nitrogen and oxygen atoms in total. The Labute approximate surface area is 168 Å². The molecule has 0 aliphatic heterocycles. The van der Waals surface area contributed by atoms with Crippen LogP contribution < -0.4 is 14.8 Å². The van der Waals surface area contributed by atoms with Crippen molar-refractivity contribution in [1.82, 2.24) is 4.98 Å². The summed E-state index contributed by atoms with van der Waals surface area (Å²) in [5.41, 5.74) is 6.68. The van der Waals surface area contributed by atoms with Crippen LogP contribution in [0.1, 0.15) is 40.0 Å². The molecule has 0 saturated heterocycles. The van der Waals surface area contributed by atoms with Gasteiger partial charge in [0.15, 0.2) is 11.5 Å². The molecule has 0 saturated carbocycles. The first-order valence-electron chi connectivity index (χ1n) is 9.34. The Balaban J connectivity index is 1.50. The monoisotopic (exact) mass is 394 g/mol. The maximum atomic E-state index is 12.8. The molecular formula is C22H22N2O3S. The molecule has 6 heteroatoms. The second-order valence-electron chi connectivity index (χ2n) is 6.74. The number of benzene rings is 2. The SMILES string of the molecule is COc1cc(C(=O)Nc2cccc3c2CCCC3)ccc1OCc1cscn1. The van der Waals surface area contributed by atoms with E-state index < -0.39 is 0 Å². The van der Waals surface area contributed by atoms with Crippen LogP contribution in [0.5, 0.6) is 11.5 Å². The molecule has 144 valence electrons. The van der Waals surface area contributed by atoms with E-state index in [0.29, 0.717) is 23.7 Å². The summed E-state index contributed by atoms with van der Waals surface area (Å²) in [6, 6.07) is 11.4. The van der Waals surface area contributed by atoms with Gasteiger partial charge in [0.2, 0.25) is 0 Å². The van der Waals surface area contributed by atoms with Crippen LogP contribution in [-0.2, 0) is 19.4 Å². The van der Waals surface area contributed by atoms with E-state index in [1.807, 2.05) is 17.5 Å². The van der Waals surface area contributed by atoms with Gasteiger partial charge in [-0.2, -0.15) is 0 Å². The smallest absolute Gasteiger partial charge is 0.255 e. The van der Waals surface area contributed by atoms with Crippen LogP contribution in [0.3, 0.4) is 0 Å². The van der Waals surface area contributed by atoms with E-state index in [0.717, 1.165) is 24.2 Å². The van der Waals surface area contributed by atoms with Gasteiger partial charge in [0.05, 0.1) is 18.3 Å². The van der Waals surface area contributed by atoms with Crippen LogP contribution in [0, 0.1) is 0 Å². The summed E-state index contributed by atoms with van der Waals surface area (Å²) in [5, 5.41) is 5.01. The molecule has 0 spiro atoms. The molecule has 1 N–H and O–H groups in total. The zero-order valence-corrected chi connectivity index (χ0v) is 16.6. The Hall–Kier alpha value is -2.86. The fourth-order valence-corrected chi connectivity index (χ4v) is 4.02. The minimum Gasteiger partial charge on any atom is -0.493 e. The summed E-state index contributed by atoms with van der Waals surface area (Å²) in [5.74, 6) is 0.963. The molecule has 1 amide bonds. The first-order valence-corrected chi connectivity index (χ1v) is 10.3. The molecule has 0 bridgehead atoms. The quantitative estimate of drug-likeness (QED) is 0.648. The van der Waals surface area contributed by atoms with Crippen LogP contribution in [0.15, 0.2) is 47.3 Å². The Kier molecular flexibility index (Phi) is 5.58. The number of aryl methyl sites for hydroxylation is 1. The van der Waals surface area contributed by atoms with Crippen molar-refractivity contribution < 1.29 is 14.3 Å². The molecule has 0 fully saturated rings. The van der Waals surface area contributed by atoms with Gasteiger partial charge < -0.3 is 14.8 Å². The number of methoxy groups -OCH3 is 1. The highest BCUT2D eigenvalue weighted by molar-refractivity contribution is 7.07. The highest BCUT2D eigenvalue weighted by Gasteiger charge is 2.16. The van der Waals surface area contributed by atoms with E-state index >= 15 is 0 Å². The number of ether oxygens (including phenoxy) is 2. The lowest BCUT2D eigenvalue weighted by Gasteiger charge is -2.19. The lowest BCUT2D eigenvalue weighted by Crippen LogP contribution is -2.15. The molecule has 0 unspecified atom stereocenters. The molecule has 1 aliphatic rings. The Morgan fingerprint density at radius 3 is 2.89 bits per heavy atom. The molecule has 0 radical (unpaired) electrons. The number of nitrogens with zero attached hydrogens (tertiary/aromatic N) is 1. The van der Waals surface area contributed by atoms with Gasteiger partial charge in [-0.25, -0.2) is 4.98 Å². The average molecular weight is 394 g/mol. The van der Waals surface area contributed by atoms with Crippen molar-refractivity contribution in [3.8, 4) is 11.5 Å². The number of amides is 1. The standard InChI is InChI=1S/C22H22N2O3S/c1-26-21-11-16(9-10-20(21)27-12-17-13-28-14-23-17)22(25)24-19-8-4-6-15-5-2-3-7-18(15)19/h4,6,8-11,13-14H,2-3,5,7,12H2,1H3,(H,24,25). The van der Waals surface area contributed by atoms with Crippen LogP contribution >= 0.6 is 11.3 Å². The number of nitrogens with one attached hydrogen (secondary N) is 1. The molecule has 1 aliphatic carbocycles. The van der Waals surface area contributed by atoms with Crippen molar-refractivity contribution in [3.63, 3.8) is 0 Å². The number of carbonyl (C=O) groups is 1. The van der Waals surface area contributed by atoms with Crippen molar-refractivity contribution in [1.29, 1.82) is 0 Å². The Morgan fingerprint density at radius 1 is 1.18 bits per heavy atom. The number of rotatable bonds is 6. The van der Waals surface area contributed by atoms with E-state index in [-0.39, 0.29) is 5.91 Å². The molecule has 1 heterocycles. The van der Waals surface area contributed by atoms with Crippen LogP contribution in [-0.4, -0.2) is 18.0 Å². The fraction of sp³-hybridized carbons (Fsp3) is 0.273. The number of anilines is 1. The van der Waals surface area contributed by atoms with Gasteiger partial charge in [-0.15, -0.1) is 11.3 Å². The normalized spacial score (nSPS) is 12.9. The van der Waals surface area contributed by atoms with Gasteiger partial charge in [0.25, 0.3) is 5.91 Å². The first-order chi connectivity index (χ1) is 13.7. The van der Waals surface area contributed by atoms with E-state index in [1.165, 1.54) is 35.3 Å². The highest BCUT2D eigenvalue weighted by atomic mass is 32.1. The van der Waals surface area contributed by atoms with Crippen molar-refractivity contribution in [2.75, 3.05) is 12.4 Å². The number of hydrogen-bond acceptors (Lipinski definition) is 5. The second-order valence-corrected chi connectivity index (χ2v) is 7.46. The lowest BCUT2D eigenvalue weighted by atomic mass is 9.90. The number of aromatic nitrogens is 1. The molecule has 3 aromatic rings. The van der Waals surface area contributed by atoms with Gasteiger partial charge in [-0.1, -0.05) is 12.1 Å². The van der Waals surface area contributed by atoms with Crippen molar-refractivity contribution in [3.05, 3.63) is 69.7 Å². The predicted octanol–water partition coefficient (Wildman–Crippen LogP) is 4.86. The minimum absolute atomic E-state index is 0.150. The zero-order valence-electron chi connectivity index (χ0n) is 15.7. The molecule has 4 rings (SSSR count). The first kappa shape index (κ1) is 18.5. The summed E-state index contributed by atoms with van der Waals surface area (Å²) < 4.78 is 11.2. The van der Waals surface area contributed by atoms with Gasteiger partial charge in [0, 0.05) is 16.6 Å². The molecule has 28 heavy (non-hydrogen) atoms. The van der Waals surface area contributed by atoms with E-state index in [9.17, 15) is 4.79 Å². The van der Waals surface area contributed by atoms with Gasteiger partial charge in [0.1, 0.15) is 6.61 Å². The molecule has 2 aromatic carbocycles. The van der Waals surface area contributed by atoms with Crippen molar-refractivity contribution in [2.45, 2.75) is 32.3 Å². The Bertz CT molecular complexity index is 970. The molecule has 1 aromatic heterocycles. The third kappa shape index (κ3) is 4.02. The minimum atomic E-state index is -0.150. The molecular weight excluding hydrogens is 372 g/mol. The summed E-state index contributed by atoms with van der Waals surface area (Å²) in [4.78, 5) is 17.0. The van der Waals surface area contributed by atoms with E-state index in [1.54, 1.807) is 30.8 Å². The molecule has 0 atom stereocenters. The second kappa shape index (κ2) is 8.44. The number of thiazole rings is 1. The van der Waals surface area contributed by atoms with E-state index in [2.05, 4.69) is 16.4 Å². The number of hydrogen-bond donors (Lipinski definition) is 1. The topological polar surface area (TPSA) is 60.5 Å². The summed E-state index contributed by atoms with van der Waals surface area (Å²) in [7, 11) is 1.57. The number of fused-ring (bicyclic) bond motifs is 1. The maximum absolute atomic E-state index is 12.8. The van der Waals surface area contributed by atoms with Crippen molar-refractivity contribution in [2.24, 2.45) is 0 Å². The van der Waals surface area contributed by atoms with Crippen LogP contribution in [0.2, 0.25) is 0 Å². The van der Waals surface area contributed by atoms with Gasteiger partial charge in [-0.3, -0.25) is 4.79 Å². The zero-order chi connectivity index (χ0) is 19.3. The van der Waals surface area contributed by atoms with Gasteiger partial charge in [-0.05, 0) is 61.1 Å². The predicted molar refractivity (Wildman–Crippen MR) is 110 cm³/mol. The Morgan fingerprint density at radius 2 is 2.07 bits per heavy atom. The third-order valence-corrected chi connectivity index (χ3v) is 5.56. The van der Waals surface area contributed by atoms with Crippen LogP contribution in [0.4, 0.5) is 5.69 Å². The summed E-state index contributed by atoms with van der Waals surface area (Å²) in [6.07, 6.45) is 4.47. The van der Waals surface area contributed by atoms with Crippen LogP contribution in [0.25, 0.3) is 0 Å². The fourth-order valence-electron chi connectivity index (χ4n) is 3.48. The van der Waals surface area contributed by atoms with Gasteiger partial charge >= 0.3 is 0 Å². The average Bonchev–Trinajstić information content (AvgIpc) is 3.26. The summed E-state index contributed by atoms with van der Waals surface area (Å²) >= 11 is 1.53. The largest absolute Gasteiger partial charge is 0.493 e. The highest BCUT2D eigenvalue weighted by Crippen LogP contribution is 2.31.